The molecule has 0 aromatic heterocycles. The highest BCUT2D eigenvalue weighted by Gasteiger charge is 2.23. The zero-order valence-electron chi connectivity index (χ0n) is 11.1. The van der Waals surface area contributed by atoms with Crippen LogP contribution in [0.1, 0.15) is 30.9 Å². The summed E-state index contributed by atoms with van der Waals surface area (Å²) in [5.74, 6) is 0. The Balaban J connectivity index is 2.10. The molecule has 1 aliphatic rings. The van der Waals surface area contributed by atoms with E-state index in [1.165, 1.54) is 36.1 Å². The second kappa shape index (κ2) is 5.72. The van der Waals surface area contributed by atoms with Crippen LogP contribution in [0, 0.1) is 5.41 Å². The Hall–Kier alpha value is -1.06. The van der Waals surface area contributed by atoms with Crippen LogP contribution in [0.25, 0.3) is 0 Å². The number of anilines is 1. The minimum Gasteiger partial charge on any atom is -0.396 e. The lowest BCUT2D eigenvalue weighted by molar-refractivity contribution is 0.0806. The molecule has 100 valence electrons. The molecule has 0 bridgehead atoms. The normalized spacial score (nSPS) is 15.3. The molecule has 0 unspecified atom stereocenters. The highest BCUT2D eigenvalue weighted by atomic mass is 16.3. The van der Waals surface area contributed by atoms with Gasteiger partial charge in [-0.3, -0.25) is 0 Å². The number of nitrogens with one attached hydrogen (secondary N) is 1. The lowest BCUT2D eigenvalue weighted by Gasteiger charge is -2.27. The molecule has 2 rings (SSSR count). The summed E-state index contributed by atoms with van der Waals surface area (Å²) in [6.07, 6.45) is 4.83. The quantitative estimate of drug-likeness (QED) is 0.748. The third-order valence-electron chi connectivity index (χ3n) is 3.86. The summed E-state index contributed by atoms with van der Waals surface area (Å²) in [6.45, 7) is 2.46. The molecular formula is C15H23NO2. The Bertz CT molecular complexity index is 399. The second-order valence-corrected chi connectivity index (χ2v) is 5.63. The van der Waals surface area contributed by atoms with Gasteiger partial charge in [-0.15, -0.1) is 0 Å². The fourth-order valence-electron chi connectivity index (χ4n) is 2.42. The lowest BCUT2D eigenvalue weighted by atomic mass is 9.89. The zero-order chi connectivity index (χ0) is 13.0. The molecule has 3 N–H and O–H groups in total. The third-order valence-corrected chi connectivity index (χ3v) is 3.86. The van der Waals surface area contributed by atoms with Crippen molar-refractivity contribution in [2.75, 3.05) is 25.1 Å². The van der Waals surface area contributed by atoms with E-state index < -0.39 is 5.41 Å². The molecular weight excluding hydrogens is 226 g/mol. The summed E-state index contributed by atoms with van der Waals surface area (Å²) in [5.41, 5.74) is 3.57. The Morgan fingerprint density at radius 3 is 2.61 bits per heavy atom. The molecule has 0 aliphatic heterocycles. The molecule has 0 saturated carbocycles. The summed E-state index contributed by atoms with van der Waals surface area (Å²) < 4.78 is 0. The number of hydrogen-bond donors (Lipinski definition) is 3. The Morgan fingerprint density at radius 2 is 1.89 bits per heavy atom. The van der Waals surface area contributed by atoms with Crippen LogP contribution in [0.5, 0.6) is 0 Å². The molecule has 0 heterocycles. The van der Waals surface area contributed by atoms with E-state index in [9.17, 15) is 10.2 Å². The van der Waals surface area contributed by atoms with E-state index in [1.54, 1.807) is 0 Å². The fourth-order valence-corrected chi connectivity index (χ4v) is 2.42. The van der Waals surface area contributed by atoms with Crippen LogP contribution in [0.2, 0.25) is 0 Å². The molecule has 3 heteroatoms. The minimum atomic E-state index is -0.461. The first kappa shape index (κ1) is 13.4. The van der Waals surface area contributed by atoms with Crippen LogP contribution in [-0.2, 0) is 12.8 Å². The minimum absolute atomic E-state index is 0.00841. The van der Waals surface area contributed by atoms with Gasteiger partial charge in [0.05, 0.1) is 13.2 Å². The van der Waals surface area contributed by atoms with Crippen molar-refractivity contribution in [1.82, 2.24) is 0 Å². The number of aliphatic hydroxyl groups is 2. The summed E-state index contributed by atoms with van der Waals surface area (Å²) in [6, 6.07) is 6.39. The first-order valence-corrected chi connectivity index (χ1v) is 6.75. The average Bonchev–Trinajstić information content (AvgIpc) is 2.44. The van der Waals surface area contributed by atoms with Crippen LogP contribution in [0.3, 0.4) is 0 Å². The van der Waals surface area contributed by atoms with E-state index in [4.69, 9.17) is 0 Å². The monoisotopic (exact) mass is 249 g/mol. The van der Waals surface area contributed by atoms with Crippen molar-refractivity contribution in [3.05, 3.63) is 29.3 Å². The average molecular weight is 249 g/mol. The van der Waals surface area contributed by atoms with Gasteiger partial charge in [0, 0.05) is 17.6 Å². The molecule has 1 aliphatic carbocycles. The van der Waals surface area contributed by atoms with Crippen LogP contribution >= 0.6 is 0 Å². The summed E-state index contributed by atoms with van der Waals surface area (Å²) in [7, 11) is 0. The van der Waals surface area contributed by atoms with Gasteiger partial charge in [-0.2, -0.15) is 0 Å². The van der Waals surface area contributed by atoms with Gasteiger partial charge in [0.25, 0.3) is 0 Å². The van der Waals surface area contributed by atoms with Gasteiger partial charge in [0.15, 0.2) is 0 Å². The number of fused-ring (bicyclic) bond motifs is 1. The van der Waals surface area contributed by atoms with E-state index >= 15 is 0 Å². The van der Waals surface area contributed by atoms with E-state index in [0.717, 1.165) is 6.42 Å². The summed E-state index contributed by atoms with van der Waals surface area (Å²) in [4.78, 5) is 0. The predicted octanol–water partition coefficient (Wildman–Crippen LogP) is 1.97. The van der Waals surface area contributed by atoms with Crippen molar-refractivity contribution in [2.45, 2.75) is 32.6 Å². The molecule has 0 saturated heterocycles. The second-order valence-electron chi connectivity index (χ2n) is 5.63. The lowest BCUT2D eigenvalue weighted by Crippen LogP contribution is -2.34. The van der Waals surface area contributed by atoms with Crippen molar-refractivity contribution in [3.8, 4) is 0 Å². The highest BCUT2D eigenvalue weighted by molar-refractivity contribution is 5.55. The molecule has 0 atom stereocenters. The van der Waals surface area contributed by atoms with Crippen LogP contribution in [0.4, 0.5) is 5.69 Å². The van der Waals surface area contributed by atoms with E-state index in [0.29, 0.717) is 6.54 Å². The third kappa shape index (κ3) is 2.85. The van der Waals surface area contributed by atoms with Gasteiger partial charge in [-0.25, -0.2) is 0 Å². The zero-order valence-corrected chi connectivity index (χ0v) is 11.1. The maximum Gasteiger partial charge on any atom is 0.0523 e. The van der Waals surface area contributed by atoms with Crippen molar-refractivity contribution in [3.63, 3.8) is 0 Å². The number of aliphatic hydroxyl groups excluding tert-OH is 2. The molecule has 0 radical (unpaired) electrons. The molecule has 3 nitrogen and oxygen atoms in total. The van der Waals surface area contributed by atoms with Crippen molar-refractivity contribution in [2.24, 2.45) is 5.41 Å². The predicted molar refractivity (Wildman–Crippen MR) is 73.9 cm³/mol. The molecule has 0 fully saturated rings. The Labute approximate surface area is 109 Å². The maximum absolute atomic E-state index is 9.30. The smallest absolute Gasteiger partial charge is 0.0523 e. The van der Waals surface area contributed by atoms with E-state index in [2.05, 4.69) is 23.5 Å². The first-order valence-electron chi connectivity index (χ1n) is 6.75. The summed E-state index contributed by atoms with van der Waals surface area (Å²) in [5, 5.41) is 22.0. The maximum atomic E-state index is 9.30. The van der Waals surface area contributed by atoms with Gasteiger partial charge in [0.2, 0.25) is 0 Å². The van der Waals surface area contributed by atoms with E-state index in [-0.39, 0.29) is 13.2 Å². The van der Waals surface area contributed by atoms with Crippen molar-refractivity contribution in [1.29, 1.82) is 0 Å². The topological polar surface area (TPSA) is 52.5 Å². The number of hydrogen-bond acceptors (Lipinski definition) is 3. The molecule has 1 aromatic carbocycles. The van der Waals surface area contributed by atoms with Gasteiger partial charge in [0.1, 0.15) is 0 Å². The van der Waals surface area contributed by atoms with Gasteiger partial charge in [-0.05, 0) is 42.9 Å². The van der Waals surface area contributed by atoms with Crippen LogP contribution < -0.4 is 5.32 Å². The first-order chi connectivity index (χ1) is 8.68. The fraction of sp³-hybridized carbons (Fsp3) is 0.600. The van der Waals surface area contributed by atoms with Crippen LogP contribution in [0.15, 0.2) is 18.2 Å². The largest absolute Gasteiger partial charge is 0.396 e. The molecule has 1 aromatic rings. The summed E-state index contributed by atoms with van der Waals surface area (Å²) >= 11 is 0. The van der Waals surface area contributed by atoms with Crippen molar-refractivity contribution >= 4 is 5.69 Å². The number of aryl methyl sites for hydroxylation is 1. The van der Waals surface area contributed by atoms with E-state index in [1.807, 2.05) is 6.92 Å². The van der Waals surface area contributed by atoms with Gasteiger partial charge >= 0.3 is 0 Å². The highest BCUT2D eigenvalue weighted by Crippen LogP contribution is 2.28. The SMILES string of the molecule is CC(CO)(CO)CNc1cccc2c1CCCC2. The van der Waals surface area contributed by atoms with Gasteiger partial charge in [-0.1, -0.05) is 19.1 Å². The van der Waals surface area contributed by atoms with Crippen molar-refractivity contribution < 1.29 is 10.2 Å². The molecule has 0 amide bonds. The number of rotatable bonds is 5. The molecule has 0 spiro atoms. The van der Waals surface area contributed by atoms with Crippen LogP contribution in [-0.4, -0.2) is 30.0 Å². The standard InChI is InChI=1S/C15H23NO2/c1-15(10-17,11-18)9-16-14-8-4-6-12-5-2-3-7-13(12)14/h4,6,8,16-18H,2-3,5,7,9-11H2,1H3. The number of benzene rings is 1. The Morgan fingerprint density at radius 1 is 1.17 bits per heavy atom. The molecule has 18 heavy (non-hydrogen) atoms. The Kier molecular flexibility index (Phi) is 4.25. The van der Waals surface area contributed by atoms with Gasteiger partial charge < -0.3 is 15.5 Å².